The molecule has 0 N–H and O–H groups in total. The van der Waals surface area contributed by atoms with Crippen LogP contribution in [0.4, 0.5) is 4.79 Å². The van der Waals surface area contributed by atoms with Gasteiger partial charge in [0.1, 0.15) is 0 Å². The topological polar surface area (TPSA) is 50.3 Å². The molecule has 2 amide bonds. The maximum absolute atomic E-state index is 12.4. The third-order valence-electron chi connectivity index (χ3n) is 3.18. The van der Waals surface area contributed by atoms with Gasteiger partial charge in [-0.1, -0.05) is 35.3 Å². The Balaban J connectivity index is 1.81. The minimum atomic E-state index is -0.324. The minimum Gasteiger partial charge on any atom is -0.268 e. The number of carbonyl (C=O) groups excluding carboxylic acids is 2. The van der Waals surface area contributed by atoms with Gasteiger partial charge in [0.2, 0.25) is 0 Å². The molecule has 1 aromatic heterocycles. The van der Waals surface area contributed by atoms with Gasteiger partial charge >= 0.3 is 0 Å². The Bertz CT molecular complexity index is 809. The lowest BCUT2D eigenvalue weighted by Gasteiger charge is -2.12. The van der Waals surface area contributed by atoms with Gasteiger partial charge in [-0.25, -0.2) is 0 Å². The first-order valence-electron chi connectivity index (χ1n) is 6.64. The van der Waals surface area contributed by atoms with Crippen LogP contribution in [0, 0.1) is 0 Å². The van der Waals surface area contributed by atoms with Gasteiger partial charge in [-0.15, -0.1) is 0 Å². The monoisotopic (exact) mass is 364 g/mol. The summed E-state index contributed by atoms with van der Waals surface area (Å²) in [6.45, 7) is 0.159. The molecule has 0 bridgehead atoms. The van der Waals surface area contributed by atoms with E-state index in [0.717, 1.165) is 22.9 Å². The number of pyridine rings is 1. The Morgan fingerprint density at radius 3 is 2.70 bits per heavy atom. The maximum atomic E-state index is 12.4. The highest BCUT2D eigenvalue weighted by molar-refractivity contribution is 8.18. The predicted octanol–water partition coefficient (Wildman–Crippen LogP) is 4.62. The summed E-state index contributed by atoms with van der Waals surface area (Å²) in [7, 11) is 0. The van der Waals surface area contributed by atoms with Crippen LogP contribution in [-0.2, 0) is 11.3 Å². The second kappa shape index (κ2) is 6.74. The van der Waals surface area contributed by atoms with Crippen LogP contribution in [0.3, 0.4) is 0 Å². The normalized spacial score (nSPS) is 16.4. The molecule has 0 unspecified atom stereocenters. The summed E-state index contributed by atoms with van der Waals surface area (Å²) < 4.78 is 0. The van der Waals surface area contributed by atoms with E-state index in [1.54, 1.807) is 42.7 Å². The molecular weight excluding hydrogens is 355 g/mol. The number of halogens is 2. The van der Waals surface area contributed by atoms with Crippen LogP contribution in [0.5, 0.6) is 0 Å². The molecule has 116 valence electrons. The van der Waals surface area contributed by atoms with Gasteiger partial charge in [0.05, 0.1) is 21.5 Å². The molecule has 2 heterocycles. The van der Waals surface area contributed by atoms with Crippen molar-refractivity contribution in [2.75, 3.05) is 0 Å². The average molecular weight is 365 g/mol. The van der Waals surface area contributed by atoms with Gasteiger partial charge in [-0.2, -0.15) is 0 Å². The summed E-state index contributed by atoms with van der Waals surface area (Å²) >= 11 is 12.7. The molecule has 2 aromatic rings. The van der Waals surface area contributed by atoms with E-state index in [4.69, 9.17) is 23.2 Å². The Labute approximate surface area is 147 Å². The van der Waals surface area contributed by atoms with Crippen LogP contribution in [0.2, 0.25) is 10.0 Å². The van der Waals surface area contributed by atoms with E-state index in [0.29, 0.717) is 15.0 Å². The summed E-state index contributed by atoms with van der Waals surface area (Å²) in [5.41, 5.74) is 1.51. The number of benzene rings is 1. The zero-order chi connectivity index (χ0) is 16.4. The van der Waals surface area contributed by atoms with Crippen molar-refractivity contribution < 1.29 is 9.59 Å². The van der Waals surface area contributed by atoms with Crippen molar-refractivity contribution in [1.29, 1.82) is 0 Å². The van der Waals surface area contributed by atoms with Crippen molar-refractivity contribution in [3.63, 3.8) is 0 Å². The van der Waals surface area contributed by atoms with E-state index in [2.05, 4.69) is 4.98 Å². The molecule has 1 aliphatic heterocycles. The predicted molar refractivity (Wildman–Crippen MR) is 92.2 cm³/mol. The third-order valence-corrected chi connectivity index (χ3v) is 4.83. The maximum Gasteiger partial charge on any atom is 0.293 e. The van der Waals surface area contributed by atoms with E-state index < -0.39 is 0 Å². The number of amides is 2. The molecule has 0 saturated carbocycles. The van der Waals surface area contributed by atoms with E-state index >= 15 is 0 Å². The zero-order valence-corrected chi connectivity index (χ0v) is 14.0. The molecule has 4 nitrogen and oxygen atoms in total. The van der Waals surface area contributed by atoms with E-state index in [1.807, 2.05) is 6.07 Å². The summed E-state index contributed by atoms with van der Waals surface area (Å²) in [4.78, 5) is 30.1. The first-order chi connectivity index (χ1) is 11.0. The smallest absolute Gasteiger partial charge is 0.268 e. The Morgan fingerprint density at radius 1 is 1.17 bits per heavy atom. The Kier molecular flexibility index (Phi) is 4.71. The van der Waals surface area contributed by atoms with E-state index in [-0.39, 0.29) is 17.7 Å². The van der Waals surface area contributed by atoms with Crippen LogP contribution < -0.4 is 0 Å². The fourth-order valence-electron chi connectivity index (χ4n) is 2.07. The van der Waals surface area contributed by atoms with Gasteiger partial charge < -0.3 is 0 Å². The quantitative estimate of drug-likeness (QED) is 0.745. The average Bonchev–Trinajstić information content (AvgIpc) is 2.79. The molecule has 0 atom stereocenters. The minimum absolute atomic E-state index is 0.159. The molecule has 0 aliphatic carbocycles. The van der Waals surface area contributed by atoms with Gasteiger partial charge in [0.25, 0.3) is 11.1 Å². The number of aromatic nitrogens is 1. The second-order valence-corrected chi connectivity index (χ2v) is 6.61. The number of imide groups is 1. The largest absolute Gasteiger partial charge is 0.293 e. The highest BCUT2D eigenvalue weighted by atomic mass is 35.5. The van der Waals surface area contributed by atoms with Crippen LogP contribution in [0.15, 0.2) is 47.6 Å². The molecule has 1 fully saturated rings. The van der Waals surface area contributed by atoms with E-state index in [9.17, 15) is 9.59 Å². The molecule has 1 aromatic carbocycles. The molecule has 3 rings (SSSR count). The lowest BCUT2D eigenvalue weighted by Crippen LogP contribution is -2.27. The second-order valence-electron chi connectivity index (χ2n) is 4.80. The Hall–Kier alpha value is -1.82. The van der Waals surface area contributed by atoms with Gasteiger partial charge in [-0.05, 0) is 47.2 Å². The van der Waals surface area contributed by atoms with Gasteiger partial charge in [0, 0.05) is 12.4 Å². The Morgan fingerprint density at radius 2 is 2.00 bits per heavy atom. The number of thioether (sulfide) groups is 1. The molecule has 1 saturated heterocycles. The highest BCUT2D eigenvalue weighted by Gasteiger charge is 2.35. The fourth-order valence-corrected chi connectivity index (χ4v) is 3.23. The zero-order valence-electron chi connectivity index (χ0n) is 11.7. The lowest BCUT2D eigenvalue weighted by molar-refractivity contribution is -0.123. The van der Waals surface area contributed by atoms with Crippen molar-refractivity contribution >= 4 is 52.2 Å². The van der Waals surface area contributed by atoms with Crippen molar-refractivity contribution in [1.82, 2.24) is 9.88 Å². The number of hydrogen-bond acceptors (Lipinski definition) is 4. The van der Waals surface area contributed by atoms with Crippen molar-refractivity contribution in [2.24, 2.45) is 0 Å². The van der Waals surface area contributed by atoms with Crippen LogP contribution >= 0.6 is 35.0 Å². The van der Waals surface area contributed by atoms with Crippen LogP contribution in [0.1, 0.15) is 11.1 Å². The molecule has 23 heavy (non-hydrogen) atoms. The fraction of sp³-hybridized carbons (Fsp3) is 0.0625. The number of nitrogens with zero attached hydrogens (tertiary/aromatic N) is 2. The van der Waals surface area contributed by atoms with Gasteiger partial charge in [-0.3, -0.25) is 19.5 Å². The van der Waals surface area contributed by atoms with Crippen LogP contribution in [0.25, 0.3) is 6.08 Å². The summed E-state index contributed by atoms with van der Waals surface area (Å²) in [6.07, 6.45) is 4.94. The highest BCUT2D eigenvalue weighted by Crippen LogP contribution is 2.33. The summed E-state index contributed by atoms with van der Waals surface area (Å²) in [6, 6.07) is 8.62. The summed E-state index contributed by atoms with van der Waals surface area (Å²) in [5, 5.41) is 0.513. The van der Waals surface area contributed by atoms with E-state index in [1.165, 1.54) is 4.90 Å². The SMILES string of the molecule is O=C1S/C(=C/c2cccnc2)C(=O)N1Cc1ccc(Cl)c(Cl)c1. The number of rotatable bonds is 3. The summed E-state index contributed by atoms with van der Waals surface area (Å²) in [5.74, 6) is -0.324. The van der Waals surface area contributed by atoms with Crippen molar-refractivity contribution in [3.05, 3.63) is 68.8 Å². The third kappa shape index (κ3) is 3.58. The van der Waals surface area contributed by atoms with Crippen molar-refractivity contribution in [2.45, 2.75) is 6.54 Å². The lowest BCUT2D eigenvalue weighted by atomic mass is 10.2. The molecule has 1 aliphatic rings. The first-order valence-corrected chi connectivity index (χ1v) is 8.21. The number of carbonyl (C=O) groups is 2. The standard InChI is InChI=1S/C16H10Cl2N2O2S/c17-12-4-3-11(6-13(12)18)9-20-15(21)14(23-16(20)22)7-10-2-1-5-19-8-10/h1-8H,9H2/b14-7+. The number of hydrogen-bond donors (Lipinski definition) is 0. The first kappa shape index (κ1) is 16.1. The molecule has 0 spiro atoms. The van der Waals surface area contributed by atoms with Crippen LogP contribution in [-0.4, -0.2) is 21.0 Å². The molecular formula is C16H10Cl2N2O2S. The molecule has 7 heteroatoms. The van der Waals surface area contributed by atoms with Crippen molar-refractivity contribution in [3.8, 4) is 0 Å². The molecule has 0 radical (unpaired) electrons. The van der Waals surface area contributed by atoms with Gasteiger partial charge in [0.15, 0.2) is 0 Å².